The first-order valence-electron chi connectivity index (χ1n) is 7.30. The molecule has 0 spiro atoms. The van der Waals surface area contributed by atoms with Crippen LogP contribution in [0.1, 0.15) is 43.0 Å². The van der Waals surface area contributed by atoms with Gasteiger partial charge in [0.25, 0.3) is 5.91 Å². The van der Waals surface area contributed by atoms with Crippen LogP contribution in [0.4, 0.5) is 0 Å². The molecule has 2 aliphatic carbocycles. The Morgan fingerprint density at radius 2 is 1.90 bits per heavy atom. The number of hydrogen-bond acceptors (Lipinski definition) is 1. The van der Waals surface area contributed by atoms with Crippen molar-refractivity contribution < 1.29 is 4.79 Å². The van der Waals surface area contributed by atoms with Crippen LogP contribution in [0.3, 0.4) is 0 Å². The molecule has 3 rings (SSSR count). The Morgan fingerprint density at radius 3 is 2.45 bits per heavy atom. The molecule has 2 nitrogen and oxygen atoms in total. The molecule has 0 saturated heterocycles. The predicted molar refractivity (Wildman–Crippen MR) is 82.3 cm³/mol. The van der Waals surface area contributed by atoms with Crippen LogP contribution in [0.25, 0.3) is 0 Å². The maximum atomic E-state index is 12.3. The van der Waals surface area contributed by atoms with Gasteiger partial charge in [-0.15, -0.1) is 0 Å². The number of amides is 1. The number of carbonyl (C=O) groups excluding carboxylic acids is 1. The lowest BCUT2D eigenvalue weighted by Gasteiger charge is -2.28. The second kappa shape index (κ2) is 5.57. The summed E-state index contributed by atoms with van der Waals surface area (Å²) in [7, 11) is 0. The smallest absolute Gasteiger partial charge is 0.251 e. The van der Waals surface area contributed by atoms with E-state index < -0.39 is 0 Å². The molecule has 2 aliphatic rings. The van der Waals surface area contributed by atoms with E-state index in [1.54, 1.807) is 18.2 Å². The van der Waals surface area contributed by atoms with Crippen molar-refractivity contribution in [3.05, 3.63) is 33.8 Å². The summed E-state index contributed by atoms with van der Waals surface area (Å²) in [5.41, 5.74) is 0.539. The van der Waals surface area contributed by atoms with Gasteiger partial charge < -0.3 is 5.32 Å². The van der Waals surface area contributed by atoms with Crippen molar-refractivity contribution in [3.8, 4) is 0 Å². The van der Waals surface area contributed by atoms with Crippen LogP contribution in [0.2, 0.25) is 10.0 Å². The number of hydrogen-bond donors (Lipinski definition) is 1. The minimum atomic E-state index is -0.0790. The van der Waals surface area contributed by atoms with Crippen LogP contribution in [0, 0.1) is 17.8 Å². The number of halogens is 2. The molecule has 0 heterocycles. The highest BCUT2D eigenvalue weighted by molar-refractivity contribution is 6.35. The summed E-state index contributed by atoms with van der Waals surface area (Å²) in [6.45, 7) is 2.12. The van der Waals surface area contributed by atoms with Crippen molar-refractivity contribution in [2.75, 3.05) is 0 Å². The lowest BCUT2D eigenvalue weighted by atomic mass is 9.84. The third kappa shape index (κ3) is 2.82. The van der Waals surface area contributed by atoms with Crippen LogP contribution in [0.15, 0.2) is 18.2 Å². The molecular formula is C16H19Cl2NO. The summed E-state index contributed by atoms with van der Waals surface area (Å²) < 4.78 is 0. The molecule has 1 aromatic rings. The fraction of sp³-hybridized carbons (Fsp3) is 0.562. The Morgan fingerprint density at radius 1 is 1.20 bits per heavy atom. The van der Waals surface area contributed by atoms with Gasteiger partial charge in [-0.1, -0.05) is 29.6 Å². The highest BCUT2D eigenvalue weighted by Gasteiger charge is 2.42. The van der Waals surface area contributed by atoms with Crippen molar-refractivity contribution in [2.24, 2.45) is 17.8 Å². The van der Waals surface area contributed by atoms with Gasteiger partial charge >= 0.3 is 0 Å². The van der Waals surface area contributed by atoms with Crippen LogP contribution in [-0.2, 0) is 0 Å². The lowest BCUT2D eigenvalue weighted by molar-refractivity contribution is 0.0915. The van der Waals surface area contributed by atoms with Gasteiger partial charge in [0.15, 0.2) is 0 Å². The summed E-state index contributed by atoms with van der Waals surface area (Å²) in [6.07, 6.45) is 5.33. The van der Waals surface area contributed by atoms with Gasteiger partial charge in [-0.3, -0.25) is 4.79 Å². The molecule has 2 saturated carbocycles. The molecule has 4 heteroatoms. The fourth-order valence-corrected chi connectivity index (χ4v) is 4.51. The van der Waals surface area contributed by atoms with E-state index in [1.165, 1.54) is 25.7 Å². The van der Waals surface area contributed by atoms with Crippen LogP contribution in [0.5, 0.6) is 0 Å². The summed E-state index contributed by atoms with van der Waals surface area (Å²) in [6, 6.07) is 5.18. The molecule has 0 unspecified atom stereocenters. The number of nitrogens with one attached hydrogen (secondary N) is 1. The number of fused-ring (bicyclic) bond motifs is 2. The van der Waals surface area contributed by atoms with Gasteiger partial charge in [0.1, 0.15) is 0 Å². The van der Waals surface area contributed by atoms with E-state index in [2.05, 4.69) is 12.2 Å². The van der Waals surface area contributed by atoms with Crippen molar-refractivity contribution in [1.29, 1.82) is 0 Å². The standard InChI is InChI=1S/C16H19Cl2NO/c1-9(15-5-10-2-3-11(15)4-10)19-16(20)12-6-13(17)8-14(18)7-12/h6-11,15H,2-5H2,1H3,(H,19,20)/t9-,10-,11-,15+/m0/s1. The summed E-state index contributed by atoms with van der Waals surface area (Å²) >= 11 is 11.9. The molecular weight excluding hydrogens is 293 g/mol. The summed E-state index contributed by atoms with van der Waals surface area (Å²) in [5.74, 6) is 2.25. The number of rotatable bonds is 3. The Hall–Kier alpha value is -0.730. The molecule has 4 atom stereocenters. The van der Waals surface area contributed by atoms with E-state index in [0.29, 0.717) is 21.5 Å². The average molecular weight is 312 g/mol. The van der Waals surface area contributed by atoms with Crippen LogP contribution < -0.4 is 5.32 Å². The summed E-state index contributed by atoms with van der Waals surface area (Å²) in [5, 5.41) is 4.11. The predicted octanol–water partition coefficient (Wildman–Crippen LogP) is 4.55. The number of benzene rings is 1. The zero-order valence-electron chi connectivity index (χ0n) is 11.5. The quantitative estimate of drug-likeness (QED) is 0.872. The normalized spacial score (nSPS) is 29.4. The molecule has 2 bridgehead atoms. The Labute approximate surface area is 129 Å². The molecule has 20 heavy (non-hydrogen) atoms. The van der Waals surface area contributed by atoms with Crippen molar-refractivity contribution in [3.63, 3.8) is 0 Å². The monoisotopic (exact) mass is 311 g/mol. The van der Waals surface area contributed by atoms with E-state index >= 15 is 0 Å². The van der Waals surface area contributed by atoms with Crippen molar-refractivity contribution in [1.82, 2.24) is 5.32 Å². The van der Waals surface area contributed by atoms with E-state index in [4.69, 9.17) is 23.2 Å². The molecule has 0 aliphatic heterocycles. The topological polar surface area (TPSA) is 29.1 Å². The average Bonchev–Trinajstić information content (AvgIpc) is 2.99. The highest BCUT2D eigenvalue weighted by Crippen LogP contribution is 2.49. The molecule has 0 aromatic heterocycles. The highest BCUT2D eigenvalue weighted by atomic mass is 35.5. The number of carbonyl (C=O) groups is 1. The second-order valence-corrected chi connectivity index (χ2v) is 7.13. The Kier molecular flexibility index (Phi) is 3.96. The fourth-order valence-electron chi connectivity index (χ4n) is 3.99. The van der Waals surface area contributed by atoms with Gasteiger partial charge in [-0.05, 0) is 62.1 Å². The second-order valence-electron chi connectivity index (χ2n) is 6.26. The van der Waals surface area contributed by atoms with Gasteiger partial charge in [-0.2, -0.15) is 0 Å². The van der Waals surface area contributed by atoms with Crippen LogP contribution in [-0.4, -0.2) is 11.9 Å². The third-order valence-corrected chi connectivity index (χ3v) is 5.35. The van der Waals surface area contributed by atoms with Crippen LogP contribution >= 0.6 is 23.2 Å². The van der Waals surface area contributed by atoms with Gasteiger partial charge in [0.2, 0.25) is 0 Å². The zero-order chi connectivity index (χ0) is 14.3. The van der Waals surface area contributed by atoms with E-state index in [9.17, 15) is 4.79 Å². The first kappa shape index (κ1) is 14.2. The zero-order valence-corrected chi connectivity index (χ0v) is 13.0. The molecule has 1 N–H and O–H groups in total. The minimum absolute atomic E-state index is 0.0790. The maximum Gasteiger partial charge on any atom is 0.251 e. The molecule has 0 radical (unpaired) electrons. The first-order chi connectivity index (χ1) is 9.52. The van der Waals surface area contributed by atoms with Crippen molar-refractivity contribution in [2.45, 2.75) is 38.6 Å². The maximum absolute atomic E-state index is 12.3. The van der Waals surface area contributed by atoms with Gasteiger partial charge in [-0.25, -0.2) is 0 Å². The lowest BCUT2D eigenvalue weighted by Crippen LogP contribution is -2.40. The molecule has 1 amide bonds. The Bertz CT molecular complexity index is 511. The third-order valence-electron chi connectivity index (χ3n) is 4.92. The molecule has 108 valence electrons. The summed E-state index contributed by atoms with van der Waals surface area (Å²) in [4.78, 5) is 12.3. The van der Waals surface area contributed by atoms with E-state index in [1.807, 2.05) is 0 Å². The van der Waals surface area contributed by atoms with E-state index in [0.717, 1.165) is 11.8 Å². The SMILES string of the molecule is C[C@H](NC(=O)c1cc(Cl)cc(Cl)c1)[C@H]1C[C@H]2CC[C@H]1C2. The van der Waals surface area contributed by atoms with Gasteiger partial charge in [0, 0.05) is 21.7 Å². The van der Waals surface area contributed by atoms with Gasteiger partial charge in [0.05, 0.1) is 0 Å². The minimum Gasteiger partial charge on any atom is -0.349 e. The molecule has 1 aromatic carbocycles. The van der Waals surface area contributed by atoms with Crippen molar-refractivity contribution >= 4 is 29.1 Å². The largest absolute Gasteiger partial charge is 0.349 e. The van der Waals surface area contributed by atoms with E-state index in [-0.39, 0.29) is 11.9 Å². The molecule has 2 fully saturated rings. The Balaban J connectivity index is 1.66. The first-order valence-corrected chi connectivity index (χ1v) is 8.05.